The topological polar surface area (TPSA) is 44.1 Å². The van der Waals surface area contributed by atoms with Crippen LogP contribution in [0.5, 0.6) is 0 Å². The largest absolute Gasteiger partial charge is 0.462 e. The first kappa shape index (κ1) is 11.6. The van der Waals surface area contributed by atoms with Gasteiger partial charge in [-0.1, -0.05) is 6.92 Å². The molecule has 0 unspecified atom stereocenters. The van der Waals surface area contributed by atoms with Gasteiger partial charge in [0, 0.05) is 13.5 Å². The first-order chi connectivity index (χ1) is 8.17. The number of fused-ring (bicyclic) bond motifs is 1. The maximum Gasteiger partial charge on any atom is 0.338 e. The molecule has 0 saturated heterocycles. The number of rotatable bonds is 3. The minimum atomic E-state index is -0.293. The van der Waals surface area contributed by atoms with Crippen LogP contribution in [0.2, 0.25) is 0 Å². The van der Waals surface area contributed by atoms with E-state index in [1.165, 1.54) is 0 Å². The van der Waals surface area contributed by atoms with E-state index in [2.05, 4.69) is 11.9 Å². The SMILES string of the molecule is CCOC(=O)c1ccc2c(c1)nc(CC)n2C. The van der Waals surface area contributed by atoms with Gasteiger partial charge in [-0.25, -0.2) is 9.78 Å². The number of hydrogen-bond acceptors (Lipinski definition) is 3. The Morgan fingerprint density at radius 2 is 2.18 bits per heavy atom. The van der Waals surface area contributed by atoms with Crippen molar-refractivity contribution >= 4 is 17.0 Å². The Morgan fingerprint density at radius 1 is 1.41 bits per heavy atom. The highest BCUT2D eigenvalue weighted by Gasteiger charge is 2.11. The molecule has 1 aromatic heterocycles. The zero-order valence-electron chi connectivity index (χ0n) is 10.4. The smallest absolute Gasteiger partial charge is 0.338 e. The molecule has 0 fully saturated rings. The predicted octanol–water partition coefficient (Wildman–Crippen LogP) is 2.31. The van der Waals surface area contributed by atoms with Crippen molar-refractivity contribution in [3.63, 3.8) is 0 Å². The van der Waals surface area contributed by atoms with E-state index in [0.29, 0.717) is 12.2 Å². The Morgan fingerprint density at radius 3 is 2.82 bits per heavy atom. The summed E-state index contributed by atoms with van der Waals surface area (Å²) in [6.07, 6.45) is 0.875. The van der Waals surface area contributed by atoms with Crippen molar-refractivity contribution in [3.05, 3.63) is 29.6 Å². The molecule has 0 aliphatic carbocycles. The number of aryl methyl sites for hydroxylation is 2. The lowest BCUT2D eigenvalue weighted by molar-refractivity contribution is 0.0526. The van der Waals surface area contributed by atoms with Crippen LogP contribution in [0.15, 0.2) is 18.2 Å². The van der Waals surface area contributed by atoms with Crippen molar-refractivity contribution in [2.75, 3.05) is 6.61 Å². The standard InChI is InChI=1S/C13H16N2O2/c1-4-12-14-10-8-9(13(16)17-5-2)6-7-11(10)15(12)3/h6-8H,4-5H2,1-3H3. The summed E-state index contributed by atoms with van der Waals surface area (Å²) in [6, 6.07) is 5.47. The molecule has 0 spiro atoms. The molecule has 0 amide bonds. The Balaban J connectivity index is 2.47. The minimum Gasteiger partial charge on any atom is -0.462 e. The molecule has 4 heteroatoms. The summed E-state index contributed by atoms with van der Waals surface area (Å²) in [7, 11) is 1.98. The van der Waals surface area contributed by atoms with E-state index in [4.69, 9.17) is 4.74 Å². The van der Waals surface area contributed by atoms with Gasteiger partial charge < -0.3 is 9.30 Å². The minimum absolute atomic E-state index is 0.293. The molecule has 0 N–H and O–H groups in total. The Labute approximate surface area is 100 Å². The monoisotopic (exact) mass is 232 g/mol. The molecule has 90 valence electrons. The fourth-order valence-electron chi connectivity index (χ4n) is 1.91. The van der Waals surface area contributed by atoms with Gasteiger partial charge >= 0.3 is 5.97 Å². The fraction of sp³-hybridized carbons (Fsp3) is 0.385. The Kier molecular flexibility index (Phi) is 3.13. The molecule has 1 heterocycles. The van der Waals surface area contributed by atoms with Gasteiger partial charge in [-0.2, -0.15) is 0 Å². The van der Waals surface area contributed by atoms with E-state index in [9.17, 15) is 4.79 Å². The third-order valence-corrected chi connectivity index (χ3v) is 2.80. The third kappa shape index (κ3) is 2.02. The number of esters is 1. The lowest BCUT2D eigenvalue weighted by atomic mass is 10.2. The van der Waals surface area contributed by atoms with Crippen LogP contribution < -0.4 is 0 Å². The fourth-order valence-corrected chi connectivity index (χ4v) is 1.91. The molecule has 0 aliphatic heterocycles. The van der Waals surface area contributed by atoms with Gasteiger partial charge in [-0.3, -0.25) is 0 Å². The molecule has 0 atom stereocenters. The number of nitrogens with zero attached hydrogens (tertiary/aromatic N) is 2. The second kappa shape index (κ2) is 4.57. The van der Waals surface area contributed by atoms with Crippen molar-refractivity contribution in [1.29, 1.82) is 0 Å². The normalized spacial score (nSPS) is 10.8. The van der Waals surface area contributed by atoms with E-state index in [-0.39, 0.29) is 5.97 Å². The average molecular weight is 232 g/mol. The van der Waals surface area contributed by atoms with Crippen LogP contribution in [0.4, 0.5) is 0 Å². The number of aromatic nitrogens is 2. The maximum atomic E-state index is 11.6. The molecule has 0 bridgehead atoms. The third-order valence-electron chi connectivity index (χ3n) is 2.80. The van der Waals surface area contributed by atoms with Crippen LogP contribution in [-0.4, -0.2) is 22.1 Å². The van der Waals surface area contributed by atoms with E-state index in [1.807, 2.05) is 17.7 Å². The lowest BCUT2D eigenvalue weighted by Gasteiger charge is -2.01. The highest BCUT2D eigenvalue weighted by atomic mass is 16.5. The number of carbonyl (C=O) groups excluding carboxylic acids is 1. The summed E-state index contributed by atoms with van der Waals surface area (Å²) < 4.78 is 7.01. The number of carbonyl (C=O) groups is 1. The number of ether oxygens (including phenoxy) is 1. The van der Waals surface area contributed by atoms with Gasteiger partial charge in [0.2, 0.25) is 0 Å². The Bertz CT molecular complexity index is 558. The summed E-state index contributed by atoms with van der Waals surface area (Å²) in [6.45, 7) is 4.25. The highest BCUT2D eigenvalue weighted by Crippen LogP contribution is 2.17. The van der Waals surface area contributed by atoms with Crippen LogP contribution in [0, 0.1) is 0 Å². The van der Waals surface area contributed by atoms with Crippen LogP contribution >= 0.6 is 0 Å². The van der Waals surface area contributed by atoms with Crippen LogP contribution in [-0.2, 0) is 18.2 Å². The second-order valence-corrected chi connectivity index (χ2v) is 3.86. The average Bonchev–Trinajstić information content (AvgIpc) is 2.66. The van der Waals surface area contributed by atoms with Crippen molar-refractivity contribution < 1.29 is 9.53 Å². The molecule has 2 rings (SSSR count). The maximum absolute atomic E-state index is 11.6. The quantitative estimate of drug-likeness (QED) is 0.763. The zero-order valence-corrected chi connectivity index (χ0v) is 10.4. The molecule has 0 radical (unpaired) electrons. The van der Waals surface area contributed by atoms with Crippen LogP contribution in [0.3, 0.4) is 0 Å². The van der Waals surface area contributed by atoms with E-state index < -0.39 is 0 Å². The lowest BCUT2D eigenvalue weighted by Crippen LogP contribution is -2.04. The number of imidazole rings is 1. The van der Waals surface area contributed by atoms with Gasteiger partial charge in [0.25, 0.3) is 0 Å². The summed E-state index contributed by atoms with van der Waals surface area (Å²) >= 11 is 0. The zero-order chi connectivity index (χ0) is 12.4. The van der Waals surface area contributed by atoms with Gasteiger partial charge in [0.05, 0.1) is 23.2 Å². The van der Waals surface area contributed by atoms with Crippen LogP contribution in [0.1, 0.15) is 30.0 Å². The van der Waals surface area contributed by atoms with Crippen molar-refractivity contribution in [2.45, 2.75) is 20.3 Å². The van der Waals surface area contributed by atoms with Crippen LogP contribution in [0.25, 0.3) is 11.0 Å². The summed E-state index contributed by atoms with van der Waals surface area (Å²) in [5.74, 6) is 0.721. The second-order valence-electron chi connectivity index (χ2n) is 3.86. The summed E-state index contributed by atoms with van der Waals surface area (Å²) in [5.41, 5.74) is 2.44. The summed E-state index contributed by atoms with van der Waals surface area (Å²) in [4.78, 5) is 16.1. The van der Waals surface area contributed by atoms with Gasteiger partial charge in [0.1, 0.15) is 5.82 Å². The highest BCUT2D eigenvalue weighted by molar-refractivity contribution is 5.93. The van der Waals surface area contributed by atoms with Crippen molar-refractivity contribution in [1.82, 2.24) is 9.55 Å². The summed E-state index contributed by atoms with van der Waals surface area (Å²) in [5, 5.41) is 0. The Hall–Kier alpha value is -1.84. The first-order valence-electron chi connectivity index (χ1n) is 5.79. The molecule has 0 saturated carbocycles. The molecule has 4 nitrogen and oxygen atoms in total. The molecule has 0 aliphatic rings. The number of hydrogen-bond donors (Lipinski definition) is 0. The number of benzene rings is 1. The van der Waals surface area contributed by atoms with E-state index >= 15 is 0 Å². The van der Waals surface area contributed by atoms with Gasteiger partial charge in [0.15, 0.2) is 0 Å². The van der Waals surface area contributed by atoms with Crippen molar-refractivity contribution in [3.8, 4) is 0 Å². The van der Waals surface area contributed by atoms with Gasteiger partial charge in [-0.15, -0.1) is 0 Å². The predicted molar refractivity (Wildman–Crippen MR) is 66.0 cm³/mol. The molecule has 2 aromatic rings. The molecular formula is C13H16N2O2. The first-order valence-corrected chi connectivity index (χ1v) is 5.79. The van der Waals surface area contributed by atoms with E-state index in [0.717, 1.165) is 23.3 Å². The molecular weight excluding hydrogens is 216 g/mol. The van der Waals surface area contributed by atoms with Gasteiger partial charge in [-0.05, 0) is 25.1 Å². The molecule has 17 heavy (non-hydrogen) atoms. The molecule has 1 aromatic carbocycles. The van der Waals surface area contributed by atoms with E-state index in [1.54, 1.807) is 19.1 Å². The van der Waals surface area contributed by atoms with Crippen molar-refractivity contribution in [2.24, 2.45) is 7.05 Å².